The Kier molecular flexibility index (Phi) is 1.19. The summed E-state index contributed by atoms with van der Waals surface area (Å²) in [5.41, 5.74) is 3.94. The Morgan fingerprint density at radius 3 is 2.73 bits per heavy atom. The van der Waals surface area contributed by atoms with Crippen LogP contribution in [0.2, 0.25) is 0 Å². The monoisotopic (exact) mass is 143 g/mol. The first-order chi connectivity index (χ1) is 5.29. The predicted molar refractivity (Wildman–Crippen MR) is 46.9 cm³/mol. The first-order valence-electron chi connectivity index (χ1n) is 3.64. The van der Waals surface area contributed by atoms with Gasteiger partial charge in [0.15, 0.2) is 0 Å². The third kappa shape index (κ3) is 0.811. The van der Waals surface area contributed by atoms with E-state index in [1.54, 1.807) is 0 Å². The van der Waals surface area contributed by atoms with Crippen molar-refractivity contribution in [2.75, 3.05) is 0 Å². The number of allylic oxidation sites excluding steroid dienone is 1. The smallest absolute Gasteiger partial charge is 0.0430 e. The molecule has 1 aliphatic rings. The molecule has 0 heterocycles. The molecule has 0 spiro atoms. The molecule has 0 amide bonds. The molecule has 0 saturated carbocycles. The quantitative estimate of drug-likeness (QED) is 0.576. The number of rotatable bonds is 0. The Bertz CT molecular complexity index is 336. The van der Waals surface area contributed by atoms with Gasteiger partial charge in [-0.05, 0) is 16.7 Å². The van der Waals surface area contributed by atoms with E-state index in [0.717, 1.165) is 17.6 Å². The summed E-state index contributed by atoms with van der Waals surface area (Å²) in [6, 6.07) is 8.08. The zero-order chi connectivity index (χ0) is 7.84. The van der Waals surface area contributed by atoms with E-state index in [0.29, 0.717) is 5.71 Å². The van der Waals surface area contributed by atoms with E-state index in [9.17, 15) is 0 Å². The highest BCUT2D eigenvalue weighted by atomic mass is 14.4. The van der Waals surface area contributed by atoms with Crippen molar-refractivity contribution in [3.05, 3.63) is 42.0 Å². The predicted octanol–water partition coefficient (Wildman–Crippen LogP) is 2.28. The van der Waals surface area contributed by atoms with Crippen LogP contribution < -0.4 is 0 Å². The number of fused-ring (bicyclic) bond motifs is 1. The minimum absolute atomic E-state index is 0.659. The molecule has 1 N–H and O–H groups in total. The molecule has 11 heavy (non-hydrogen) atoms. The minimum atomic E-state index is 0.659. The fourth-order valence-corrected chi connectivity index (χ4v) is 1.43. The van der Waals surface area contributed by atoms with Crippen molar-refractivity contribution in [1.29, 1.82) is 5.41 Å². The average molecular weight is 143 g/mol. The molecule has 0 fully saturated rings. The minimum Gasteiger partial charge on any atom is -0.304 e. The Morgan fingerprint density at radius 2 is 2.00 bits per heavy atom. The van der Waals surface area contributed by atoms with Crippen LogP contribution in [0.25, 0.3) is 5.57 Å². The van der Waals surface area contributed by atoms with Crippen LogP contribution in [0.15, 0.2) is 30.8 Å². The van der Waals surface area contributed by atoms with Crippen molar-refractivity contribution >= 4 is 11.3 Å². The molecule has 1 nitrogen and oxygen atoms in total. The lowest BCUT2D eigenvalue weighted by Gasteiger charge is -1.95. The molecular weight excluding hydrogens is 134 g/mol. The van der Waals surface area contributed by atoms with Gasteiger partial charge in [-0.25, -0.2) is 0 Å². The summed E-state index contributed by atoms with van der Waals surface area (Å²) in [6.07, 6.45) is 0.759. The van der Waals surface area contributed by atoms with Crippen LogP contribution >= 0.6 is 0 Å². The molecule has 0 aromatic heterocycles. The first kappa shape index (κ1) is 6.35. The largest absolute Gasteiger partial charge is 0.304 e. The van der Waals surface area contributed by atoms with Crippen LogP contribution in [0, 0.1) is 5.41 Å². The molecule has 1 aromatic rings. The van der Waals surface area contributed by atoms with E-state index >= 15 is 0 Å². The number of hydrogen-bond donors (Lipinski definition) is 1. The van der Waals surface area contributed by atoms with Gasteiger partial charge in [-0.2, -0.15) is 0 Å². The van der Waals surface area contributed by atoms with Gasteiger partial charge >= 0.3 is 0 Å². The Hall–Kier alpha value is -1.37. The summed E-state index contributed by atoms with van der Waals surface area (Å²) in [6.45, 7) is 3.85. The fourth-order valence-electron chi connectivity index (χ4n) is 1.43. The highest BCUT2D eigenvalue weighted by molar-refractivity contribution is 6.26. The van der Waals surface area contributed by atoms with E-state index in [1.165, 1.54) is 5.56 Å². The molecule has 0 radical (unpaired) electrons. The summed E-state index contributed by atoms with van der Waals surface area (Å²) in [5.74, 6) is 0. The molecule has 0 saturated heterocycles. The molecule has 0 aliphatic heterocycles. The lowest BCUT2D eigenvalue weighted by atomic mass is 10.1. The lowest BCUT2D eigenvalue weighted by molar-refractivity contribution is 1.34. The lowest BCUT2D eigenvalue weighted by Crippen LogP contribution is -1.89. The zero-order valence-electron chi connectivity index (χ0n) is 6.22. The zero-order valence-corrected chi connectivity index (χ0v) is 6.22. The molecule has 2 rings (SSSR count). The SMILES string of the molecule is C=C1C(=N)Cc2ccccc21. The summed E-state index contributed by atoms with van der Waals surface area (Å²) < 4.78 is 0. The fraction of sp³-hybridized carbons (Fsp3) is 0.100. The van der Waals surface area contributed by atoms with Crippen molar-refractivity contribution in [2.45, 2.75) is 6.42 Å². The van der Waals surface area contributed by atoms with Crippen molar-refractivity contribution < 1.29 is 0 Å². The van der Waals surface area contributed by atoms with Gasteiger partial charge in [-0.15, -0.1) is 0 Å². The summed E-state index contributed by atoms with van der Waals surface area (Å²) in [5, 5.41) is 7.54. The second-order valence-corrected chi connectivity index (χ2v) is 2.79. The maximum atomic E-state index is 7.54. The molecule has 1 aromatic carbocycles. The summed E-state index contributed by atoms with van der Waals surface area (Å²) in [4.78, 5) is 0. The van der Waals surface area contributed by atoms with Crippen molar-refractivity contribution in [3.8, 4) is 0 Å². The molecule has 54 valence electrons. The van der Waals surface area contributed by atoms with Crippen molar-refractivity contribution in [1.82, 2.24) is 0 Å². The van der Waals surface area contributed by atoms with Gasteiger partial charge in [0.1, 0.15) is 0 Å². The topological polar surface area (TPSA) is 23.9 Å². The summed E-state index contributed by atoms with van der Waals surface area (Å²) >= 11 is 0. The van der Waals surface area contributed by atoms with Crippen LogP contribution in [0.1, 0.15) is 11.1 Å². The van der Waals surface area contributed by atoms with E-state index in [-0.39, 0.29) is 0 Å². The highest BCUT2D eigenvalue weighted by Gasteiger charge is 2.17. The van der Waals surface area contributed by atoms with E-state index < -0.39 is 0 Å². The van der Waals surface area contributed by atoms with Crippen LogP contribution in [0.5, 0.6) is 0 Å². The molecule has 0 bridgehead atoms. The van der Waals surface area contributed by atoms with Crippen molar-refractivity contribution in [2.24, 2.45) is 0 Å². The number of hydrogen-bond acceptors (Lipinski definition) is 1. The Morgan fingerprint density at radius 1 is 1.27 bits per heavy atom. The average Bonchev–Trinajstić information content (AvgIpc) is 2.30. The van der Waals surface area contributed by atoms with Gasteiger partial charge in [0, 0.05) is 12.1 Å². The first-order valence-corrected chi connectivity index (χ1v) is 3.64. The van der Waals surface area contributed by atoms with Crippen molar-refractivity contribution in [3.63, 3.8) is 0 Å². The number of nitrogens with one attached hydrogen (secondary N) is 1. The van der Waals surface area contributed by atoms with E-state index in [1.807, 2.05) is 18.2 Å². The van der Waals surface area contributed by atoms with E-state index in [4.69, 9.17) is 5.41 Å². The Balaban J connectivity index is 2.64. The van der Waals surface area contributed by atoms with Gasteiger partial charge in [-0.1, -0.05) is 30.8 Å². The normalized spacial score (nSPS) is 15.3. The van der Waals surface area contributed by atoms with Gasteiger partial charge in [0.25, 0.3) is 0 Å². The second kappa shape index (κ2) is 2.06. The van der Waals surface area contributed by atoms with Gasteiger partial charge < -0.3 is 5.41 Å². The maximum absolute atomic E-state index is 7.54. The molecular formula is C10H9N. The molecule has 1 heteroatoms. The third-order valence-electron chi connectivity index (χ3n) is 2.07. The second-order valence-electron chi connectivity index (χ2n) is 2.79. The Labute approximate surface area is 65.9 Å². The van der Waals surface area contributed by atoms with E-state index in [2.05, 4.69) is 12.6 Å². The summed E-state index contributed by atoms with van der Waals surface area (Å²) in [7, 11) is 0. The number of benzene rings is 1. The van der Waals surface area contributed by atoms with Crippen LogP contribution in [-0.4, -0.2) is 5.71 Å². The van der Waals surface area contributed by atoms with Crippen LogP contribution in [0.3, 0.4) is 0 Å². The molecule has 1 aliphatic carbocycles. The van der Waals surface area contributed by atoms with Gasteiger partial charge in [-0.3, -0.25) is 0 Å². The third-order valence-corrected chi connectivity index (χ3v) is 2.07. The van der Waals surface area contributed by atoms with Crippen LogP contribution in [0.4, 0.5) is 0 Å². The maximum Gasteiger partial charge on any atom is 0.0430 e. The standard InChI is InChI=1S/C10H9N/c1-7-9-5-3-2-4-8(9)6-10(7)11/h2-5,11H,1,6H2. The molecule has 0 atom stereocenters. The highest BCUT2D eigenvalue weighted by Crippen LogP contribution is 2.27. The van der Waals surface area contributed by atoms with Gasteiger partial charge in [0.05, 0.1) is 0 Å². The molecule has 0 unspecified atom stereocenters. The van der Waals surface area contributed by atoms with Gasteiger partial charge in [0.2, 0.25) is 0 Å². The van der Waals surface area contributed by atoms with Crippen LogP contribution in [-0.2, 0) is 6.42 Å².